The molecular formula is C10H10ClNO. The van der Waals surface area contributed by atoms with Crippen LogP contribution in [0, 0.1) is 11.3 Å². The van der Waals surface area contributed by atoms with E-state index in [9.17, 15) is 0 Å². The summed E-state index contributed by atoms with van der Waals surface area (Å²) in [5.74, 6) is 0. The number of benzene rings is 1. The summed E-state index contributed by atoms with van der Waals surface area (Å²) in [6, 6.07) is 9.42. The van der Waals surface area contributed by atoms with Crippen LogP contribution >= 0.6 is 11.6 Å². The Morgan fingerprint density at radius 3 is 2.85 bits per heavy atom. The van der Waals surface area contributed by atoms with Crippen molar-refractivity contribution in [2.45, 2.75) is 19.6 Å². The summed E-state index contributed by atoms with van der Waals surface area (Å²) in [4.78, 5) is 0. The third kappa shape index (κ3) is 3.06. The minimum absolute atomic E-state index is 0.383. The lowest BCUT2D eigenvalue weighted by atomic mass is 10.2. The number of ether oxygens (including phenoxy) is 1. The largest absolute Gasteiger partial charge is 0.359 e. The van der Waals surface area contributed by atoms with E-state index in [1.165, 1.54) is 0 Å². The normalized spacial score (nSPS) is 12.1. The van der Waals surface area contributed by atoms with Crippen LogP contribution in [0.15, 0.2) is 24.3 Å². The van der Waals surface area contributed by atoms with Gasteiger partial charge in [0.05, 0.1) is 12.7 Å². The fraction of sp³-hybridized carbons (Fsp3) is 0.300. The third-order valence-corrected chi connectivity index (χ3v) is 2.00. The molecule has 0 aliphatic carbocycles. The van der Waals surface area contributed by atoms with Gasteiger partial charge in [0.15, 0.2) is 0 Å². The molecule has 3 heteroatoms. The van der Waals surface area contributed by atoms with Crippen LogP contribution in [0.3, 0.4) is 0 Å². The van der Waals surface area contributed by atoms with Crippen LogP contribution in [0.2, 0.25) is 5.02 Å². The van der Waals surface area contributed by atoms with Crippen molar-refractivity contribution in [3.8, 4) is 6.07 Å². The maximum absolute atomic E-state index is 8.47. The summed E-state index contributed by atoms with van der Waals surface area (Å²) < 4.78 is 5.21. The summed E-state index contributed by atoms with van der Waals surface area (Å²) >= 11 is 5.89. The van der Waals surface area contributed by atoms with E-state index in [0.717, 1.165) is 5.56 Å². The van der Waals surface area contributed by atoms with Gasteiger partial charge in [0.1, 0.15) is 6.10 Å². The van der Waals surface area contributed by atoms with E-state index in [-0.39, 0.29) is 0 Å². The van der Waals surface area contributed by atoms with E-state index in [2.05, 4.69) is 0 Å². The first kappa shape index (κ1) is 10.0. The zero-order chi connectivity index (χ0) is 9.68. The standard InChI is InChI=1S/C10H10ClNO/c1-8(6-12)13-7-9-4-2-3-5-10(9)11/h2-5,8H,7H2,1H3. The van der Waals surface area contributed by atoms with Crippen molar-refractivity contribution in [1.82, 2.24) is 0 Å². The van der Waals surface area contributed by atoms with Gasteiger partial charge in [-0.15, -0.1) is 0 Å². The molecule has 0 saturated carbocycles. The minimum Gasteiger partial charge on any atom is -0.359 e. The first-order valence-electron chi connectivity index (χ1n) is 3.98. The van der Waals surface area contributed by atoms with E-state index in [4.69, 9.17) is 21.6 Å². The molecule has 0 bridgehead atoms. The van der Waals surface area contributed by atoms with Gasteiger partial charge in [-0.2, -0.15) is 5.26 Å². The summed E-state index contributed by atoms with van der Waals surface area (Å²) in [6.07, 6.45) is -0.392. The van der Waals surface area contributed by atoms with Crippen molar-refractivity contribution >= 4 is 11.6 Å². The highest BCUT2D eigenvalue weighted by Crippen LogP contribution is 2.16. The lowest BCUT2D eigenvalue weighted by Crippen LogP contribution is -2.04. The molecule has 0 saturated heterocycles. The molecule has 1 aromatic carbocycles. The van der Waals surface area contributed by atoms with Gasteiger partial charge in [-0.1, -0.05) is 29.8 Å². The van der Waals surface area contributed by atoms with E-state index < -0.39 is 6.10 Å². The van der Waals surface area contributed by atoms with Gasteiger partial charge in [-0.3, -0.25) is 0 Å². The van der Waals surface area contributed by atoms with E-state index in [1.54, 1.807) is 13.0 Å². The van der Waals surface area contributed by atoms with Crippen LogP contribution in [0.4, 0.5) is 0 Å². The molecule has 1 atom stereocenters. The Hall–Kier alpha value is -1.04. The van der Waals surface area contributed by atoms with Gasteiger partial charge in [0.25, 0.3) is 0 Å². The molecule has 0 aromatic heterocycles. The van der Waals surface area contributed by atoms with Crippen molar-refractivity contribution < 1.29 is 4.74 Å². The Bertz CT molecular complexity index is 319. The Labute approximate surface area is 82.7 Å². The van der Waals surface area contributed by atoms with Crippen LogP contribution < -0.4 is 0 Å². The topological polar surface area (TPSA) is 33.0 Å². The molecule has 0 spiro atoms. The molecular weight excluding hydrogens is 186 g/mol. The van der Waals surface area contributed by atoms with E-state index in [1.807, 2.05) is 24.3 Å². The number of nitriles is 1. The summed E-state index contributed by atoms with van der Waals surface area (Å²) in [5, 5.41) is 9.15. The predicted molar refractivity (Wildman–Crippen MR) is 51.3 cm³/mol. The number of hydrogen-bond acceptors (Lipinski definition) is 2. The molecule has 2 nitrogen and oxygen atoms in total. The maximum Gasteiger partial charge on any atom is 0.141 e. The number of hydrogen-bond donors (Lipinski definition) is 0. The predicted octanol–water partition coefficient (Wildman–Crippen LogP) is 2.77. The van der Waals surface area contributed by atoms with Crippen molar-refractivity contribution in [2.75, 3.05) is 0 Å². The smallest absolute Gasteiger partial charge is 0.141 e. The van der Waals surface area contributed by atoms with Gasteiger partial charge >= 0.3 is 0 Å². The third-order valence-electron chi connectivity index (χ3n) is 1.63. The molecule has 0 aliphatic rings. The second-order valence-corrected chi connectivity index (χ2v) is 3.08. The molecule has 68 valence electrons. The Morgan fingerprint density at radius 2 is 2.23 bits per heavy atom. The molecule has 0 N–H and O–H groups in total. The SMILES string of the molecule is CC(C#N)OCc1ccccc1Cl. The minimum atomic E-state index is -0.392. The Kier molecular flexibility index (Phi) is 3.75. The maximum atomic E-state index is 8.47. The molecule has 13 heavy (non-hydrogen) atoms. The summed E-state index contributed by atoms with van der Waals surface area (Å²) in [6.45, 7) is 2.09. The zero-order valence-electron chi connectivity index (χ0n) is 7.33. The molecule has 0 fully saturated rings. The van der Waals surface area contributed by atoms with Crippen molar-refractivity contribution in [3.05, 3.63) is 34.9 Å². The summed E-state index contributed by atoms with van der Waals surface area (Å²) in [5.41, 5.74) is 0.909. The molecule has 1 unspecified atom stereocenters. The second-order valence-electron chi connectivity index (χ2n) is 2.67. The van der Waals surface area contributed by atoms with Crippen LogP contribution in [-0.2, 0) is 11.3 Å². The van der Waals surface area contributed by atoms with E-state index in [0.29, 0.717) is 11.6 Å². The molecule has 0 heterocycles. The molecule has 0 amide bonds. The van der Waals surface area contributed by atoms with E-state index >= 15 is 0 Å². The molecule has 1 rings (SSSR count). The quantitative estimate of drug-likeness (QED) is 0.743. The average Bonchev–Trinajstić information content (AvgIpc) is 2.16. The fourth-order valence-electron chi connectivity index (χ4n) is 0.867. The zero-order valence-corrected chi connectivity index (χ0v) is 8.08. The summed E-state index contributed by atoms with van der Waals surface area (Å²) in [7, 11) is 0. The highest BCUT2D eigenvalue weighted by Gasteiger charge is 2.02. The van der Waals surface area contributed by atoms with Gasteiger partial charge in [0, 0.05) is 5.02 Å². The van der Waals surface area contributed by atoms with Crippen molar-refractivity contribution in [2.24, 2.45) is 0 Å². The van der Waals surface area contributed by atoms with Crippen molar-refractivity contribution in [3.63, 3.8) is 0 Å². The Morgan fingerprint density at radius 1 is 1.54 bits per heavy atom. The van der Waals surface area contributed by atoms with Crippen LogP contribution in [-0.4, -0.2) is 6.10 Å². The van der Waals surface area contributed by atoms with Gasteiger partial charge in [-0.25, -0.2) is 0 Å². The number of rotatable bonds is 3. The fourth-order valence-corrected chi connectivity index (χ4v) is 1.06. The monoisotopic (exact) mass is 195 g/mol. The van der Waals surface area contributed by atoms with Gasteiger partial charge in [-0.05, 0) is 18.6 Å². The highest BCUT2D eigenvalue weighted by atomic mass is 35.5. The molecule has 0 aliphatic heterocycles. The van der Waals surface area contributed by atoms with Gasteiger partial charge in [0.2, 0.25) is 0 Å². The number of halogens is 1. The Balaban J connectivity index is 2.56. The lowest BCUT2D eigenvalue weighted by molar-refractivity contribution is 0.0888. The molecule has 1 aromatic rings. The average molecular weight is 196 g/mol. The highest BCUT2D eigenvalue weighted by molar-refractivity contribution is 6.31. The van der Waals surface area contributed by atoms with Gasteiger partial charge < -0.3 is 4.74 Å². The number of nitrogens with zero attached hydrogens (tertiary/aromatic N) is 1. The molecule has 0 radical (unpaired) electrons. The van der Waals surface area contributed by atoms with Crippen LogP contribution in [0.1, 0.15) is 12.5 Å². The first-order valence-corrected chi connectivity index (χ1v) is 4.36. The van der Waals surface area contributed by atoms with Crippen LogP contribution in [0.25, 0.3) is 0 Å². The van der Waals surface area contributed by atoms with Crippen LogP contribution in [0.5, 0.6) is 0 Å². The second kappa shape index (κ2) is 4.86. The lowest BCUT2D eigenvalue weighted by Gasteiger charge is -2.06. The first-order chi connectivity index (χ1) is 6.24. The van der Waals surface area contributed by atoms with Crippen molar-refractivity contribution in [1.29, 1.82) is 5.26 Å².